The molecule has 1 fully saturated rings. The van der Waals surface area contributed by atoms with Crippen LogP contribution in [0.15, 0.2) is 0 Å². The topological polar surface area (TPSA) is 19.9 Å². The fourth-order valence-electron chi connectivity index (χ4n) is 2.61. The molecule has 0 heterocycles. The summed E-state index contributed by atoms with van der Waals surface area (Å²) in [6.45, 7) is 0. The Balaban J connectivity index is 4.39. The van der Waals surface area contributed by atoms with Gasteiger partial charge in [-0.2, -0.15) is 0 Å². The Labute approximate surface area is 266 Å². The standard InChI is InChI=1S/C10Cl19O/c11-1(2(12,8(21,22)23)9(24,25)26)4(14,15)5(16,17)3(13,10(27,28)29)6(18,19)7(1,20)30. The lowest BCUT2D eigenvalue weighted by molar-refractivity contribution is -0.0573. The molecule has 3 atom stereocenters. The fraction of sp³-hybridized carbons (Fsp3) is 1.00. The van der Waals surface area contributed by atoms with Crippen LogP contribution in [0.1, 0.15) is 0 Å². The van der Waals surface area contributed by atoms with E-state index in [9.17, 15) is 5.11 Å². The van der Waals surface area contributed by atoms with Crippen LogP contribution in [-0.4, -0.2) is 44.1 Å². The van der Waals surface area contributed by atoms with Gasteiger partial charge in [-0.1, -0.05) is 186 Å². The van der Waals surface area contributed by atoms with Gasteiger partial charge in [-0.15, -0.1) is 34.8 Å². The third-order valence-corrected chi connectivity index (χ3v) is 15.4. The monoisotopic (exact) mass is 800 g/mol. The third kappa shape index (κ3) is 3.87. The van der Waals surface area contributed by atoms with Gasteiger partial charge in [-0.3, -0.25) is 0 Å². The lowest BCUT2D eigenvalue weighted by atomic mass is 9.70. The van der Waals surface area contributed by atoms with E-state index in [0.29, 0.717) is 0 Å². The Kier molecular flexibility index (Phi) is 10.1. The minimum atomic E-state index is -3.83. The van der Waals surface area contributed by atoms with Crippen LogP contribution in [0.3, 0.4) is 0 Å². The zero-order valence-corrected chi connectivity index (χ0v) is 27.0. The molecule has 0 spiro atoms. The van der Waals surface area contributed by atoms with Crippen LogP contribution in [0, 0.1) is 0 Å². The number of hydrogen-bond acceptors (Lipinski definition) is 0. The van der Waals surface area contributed by atoms with Gasteiger partial charge in [0.2, 0.25) is 16.4 Å². The SMILES string of the molecule is [O]C1(Cl)C(Cl)(Cl)C(Cl)(C(Cl)(Cl)Cl)C(Cl)(Cl)C(Cl)(Cl)C1(Cl)C(Cl)(C(Cl)(Cl)Cl)C(Cl)(Cl)Cl. The van der Waals surface area contributed by atoms with Gasteiger partial charge in [-0.25, -0.2) is 5.11 Å². The molecule has 20 heteroatoms. The summed E-state index contributed by atoms with van der Waals surface area (Å²) >= 11 is 116. The molecule has 0 aliphatic heterocycles. The van der Waals surface area contributed by atoms with Gasteiger partial charge < -0.3 is 0 Å². The van der Waals surface area contributed by atoms with Crippen molar-refractivity contribution in [3.8, 4) is 0 Å². The maximum Gasteiger partial charge on any atom is 0.235 e. The van der Waals surface area contributed by atoms with Crippen molar-refractivity contribution in [2.45, 2.75) is 44.1 Å². The van der Waals surface area contributed by atoms with Crippen LogP contribution in [0.5, 0.6) is 0 Å². The van der Waals surface area contributed by atoms with E-state index in [1.807, 2.05) is 0 Å². The molecule has 1 rings (SSSR count). The molecule has 0 aromatic carbocycles. The Morgan fingerprint density at radius 1 is 0.433 bits per heavy atom. The van der Waals surface area contributed by atoms with E-state index in [0.717, 1.165) is 0 Å². The van der Waals surface area contributed by atoms with Crippen molar-refractivity contribution in [1.82, 2.24) is 0 Å². The van der Waals surface area contributed by atoms with E-state index < -0.39 is 44.1 Å². The normalized spacial score (nSPS) is 37.2. The molecule has 0 bridgehead atoms. The van der Waals surface area contributed by atoms with Gasteiger partial charge in [-0.05, 0) is 0 Å². The second-order valence-electron chi connectivity index (χ2n) is 5.79. The molecular formula is C10Cl19O. The maximum atomic E-state index is 13.9. The van der Waals surface area contributed by atoms with Gasteiger partial charge in [0.25, 0.3) is 0 Å². The summed E-state index contributed by atoms with van der Waals surface area (Å²) in [6, 6.07) is 0. The molecule has 0 aromatic heterocycles. The first-order chi connectivity index (χ1) is 12.5. The Hall–Kier alpha value is 5.47. The zero-order chi connectivity index (χ0) is 25.0. The average Bonchev–Trinajstić information content (AvgIpc) is 2.46. The Morgan fingerprint density at radius 3 is 0.933 bits per heavy atom. The highest BCUT2D eigenvalue weighted by atomic mass is 35.6. The molecule has 1 nitrogen and oxygen atoms in total. The van der Waals surface area contributed by atoms with Crippen LogP contribution >= 0.6 is 220 Å². The summed E-state index contributed by atoms with van der Waals surface area (Å²) in [4.78, 5) is -9.95. The van der Waals surface area contributed by atoms with E-state index in [1.165, 1.54) is 0 Å². The zero-order valence-electron chi connectivity index (χ0n) is 12.6. The average molecular weight is 810 g/mol. The van der Waals surface area contributed by atoms with Crippen molar-refractivity contribution >= 4 is 220 Å². The van der Waals surface area contributed by atoms with Crippen LogP contribution in [-0.2, 0) is 5.11 Å². The fourth-order valence-corrected chi connectivity index (χ4v) is 11.3. The van der Waals surface area contributed by atoms with Gasteiger partial charge in [0.1, 0.15) is 0 Å². The summed E-state index contributed by atoms with van der Waals surface area (Å²) < 4.78 is -18.7. The summed E-state index contributed by atoms with van der Waals surface area (Å²) in [5, 5.41) is 10.1. The molecule has 30 heavy (non-hydrogen) atoms. The number of hydrogen-bond donors (Lipinski definition) is 0. The molecule has 1 saturated carbocycles. The second-order valence-corrected chi connectivity index (χ2v) is 18.8. The molecule has 1 radical (unpaired) electrons. The van der Waals surface area contributed by atoms with Gasteiger partial charge in [0.05, 0.1) is 0 Å². The molecule has 0 aromatic rings. The molecule has 1 aliphatic carbocycles. The van der Waals surface area contributed by atoms with Crippen molar-refractivity contribution in [1.29, 1.82) is 0 Å². The minimum absolute atomic E-state index is 2.91. The molecule has 0 amide bonds. The predicted molar refractivity (Wildman–Crippen MR) is 139 cm³/mol. The Morgan fingerprint density at radius 2 is 0.700 bits per heavy atom. The first kappa shape index (κ1) is 33.5. The highest BCUT2D eigenvalue weighted by Crippen LogP contribution is 2.82. The van der Waals surface area contributed by atoms with E-state index >= 15 is 0 Å². The van der Waals surface area contributed by atoms with E-state index in [1.54, 1.807) is 0 Å². The van der Waals surface area contributed by atoms with Crippen LogP contribution < -0.4 is 0 Å². The second kappa shape index (κ2) is 9.01. The highest BCUT2D eigenvalue weighted by Gasteiger charge is 2.97. The van der Waals surface area contributed by atoms with Crippen molar-refractivity contribution in [3.63, 3.8) is 0 Å². The van der Waals surface area contributed by atoms with E-state index in [4.69, 9.17) is 220 Å². The lowest BCUT2D eigenvalue weighted by Crippen LogP contribution is -2.91. The largest absolute Gasteiger partial charge is 0.235 e. The van der Waals surface area contributed by atoms with E-state index in [-0.39, 0.29) is 0 Å². The molecular weight excluding hydrogens is 810 g/mol. The van der Waals surface area contributed by atoms with Crippen LogP contribution in [0.25, 0.3) is 0 Å². The summed E-state index contributed by atoms with van der Waals surface area (Å²) in [7, 11) is 0. The summed E-state index contributed by atoms with van der Waals surface area (Å²) in [5.41, 5.74) is 0. The lowest BCUT2D eigenvalue weighted by Gasteiger charge is -2.69. The van der Waals surface area contributed by atoms with Crippen molar-refractivity contribution < 1.29 is 5.11 Å². The van der Waals surface area contributed by atoms with Crippen LogP contribution in [0.4, 0.5) is 0 Å². The number of halogens is 19. The van der Waals surface area contributed by atoms with Crippen molar-refractivity contribution in [3.05, 3.63) is 0 Å². The number of alkyl halides is 19. The quantitative estimate of drug-likeness (QED) is 0.235. The predicted octanol–water partition coefficient (Wildman–Crippen LogP) is 10.9. The molecule has 0 N–H and O–H groups in total. The van der Waals surface area contributed by atoms with Crippen LogP contribution in [0.2, 0.25) is 0 Å². The summed E-state index contributed by atoms with van der Waals surface area (Å²) in [5.74, 6) is 0. The minimum Gasteiger partial charge on any atom is -0.206 e. The molecule has 1 aliphatic rings. The maximum absolute atomic E-state index is 13.9. The van der Waals surface area contributed by atoms with Crippen molar-refractivity contribution in [2.75, 3.05) is 0 Å². The Bertz CT molecular complexity index is 650. The van der Waals surface area contributed by atoms with Gasteiger partial charge >= 0.3 is 0 Å². The first-order valence-electron chi connectivity index (χ1n) is 6.29. The molecule has 3 unspecified atom stereocenters. The van der Waals surface area contributed by atoms with E-state index in [2.05, 4.69) is 0 Å². The van der Waals surface area contributed by atoms with Crippen molar-refractivity contribution in [2.24, 2.45) is 0 Å². The highest BCUT2D eigenvalue weighted by molar-refractivity contribution is 6.82. The van der Waals surface area contributed by atoms with Gasteiger partial charge in [0, 0.05) is 0 Å². The first-order valence-corrected chi connectivity index (χ1v) is 13.5. The summed E-state index contributed by atoms with van der Waals surface area (Å²) in [6.07, 6.45) is 0. The molecule has 179 valence electrons. The smallest absolute Gasteiger partial charge is 0.206 e. The van der Waals surface area contributed by atoms with Gasteiger partial charge in [0.15, 0.2) is 27.6 Å². The number of rotatable bonds is 1. The molecule has 0 saturated heterocycles. The third-order valence-electron chi connectivity index (χ3n) is 4.19.